The van der Waals surface area contributed by atoms with Gasteiger partial charge in [-0.25, -0.2) is 9.97 Å². The van der Waals surface area contributed by atoms with Crippen molar-refractivity contribution in [3.8, 4) is 11.5 Å². The highest BCUT2D eigenvalue weighted by atomic mass is 35.5. The van der Waals surface area contributed by atoms with E-state index in [0.29, 0.717) is 0 Å². The van der Waals surface area contributed by atoms with Gasteiger partial charge in [-0.1, -0.05) is 17.7 Å². The van der Waals surface area contributed by atoms with E-state index in [2.05, 4.69) is 15.0 Å². The Labute approximate surface area is 93.3 Å². The quantitative estimate of drug-likeness (QED) is 0.787. The Kier molecular flexibility index (Phi) is 2.59. The third kappa shape index (κ3) is 2.16. The van der Waals surface area contributed by atoms with Crippen molar-refractivity contribution in [3.63, 3.8) is 0 Å². The van der Waals surface area contributed by atoms with E-state index in [1.807, 2.05) is 0 Å². The molecule has 0 spiro atoms. The molecule has 0 aliphatic rings. The van der Waals surface area contributed by atoms with Crippen LogP contribution in [0.15, 0.2) is 24.4 Å². The summed E-state index contributed by atoms with van der Waals surface area (Å²) in [5.74, 6) is 0.0369. The molecular formula is C9H5ClF3N3. The number of nitrogens with one attached hydrogen (secondary N) is 1. The van der Waals surface area contributed by atoms with Crippen LogP contribution in [0.5, 0.6) is 0 Å². The minimum Gasteiger partial charge on any atom is -0.333 e. The van der Waals surface area contributed by atoms with Gasteiger partial charge in [0.15, 0.2) is 5.82 Å². The van der Waals surface area contributed by atoms with Crippen LogP contribution in [0.4, 0.5) is 13.2 Å². The lowest BCUT2D eigenvalue weighted by molar-refractivity contribution is -0.140. The first-order valence-corrected chi connectivity index (χ1v) is 4.60. The third-order valence-corrected chi connectivity index (χ3v) is 2.05. The van der Waals surface area contributed by atoms with E-state index in [1.165, 1.54) is 12.1 Å². The van der Waals surface area contributed by atoms with Gasteiger partial charge in [0.25, 0.3) is 0 Å². The number of aromatic nitrogens is 3. The Morgan fingerprint density at radius 3 is 2.56 bits per heavy atom. The van der Waals surface area contributed by atoms with Crippen LogP contribution in [0.25, 0.3) is 11.5 Å². The standard InChI is InChI=1S/C9H5ClF3N3/c10-7-3-1-2-5(15-7)8-14-4-6(16-8)9(11,12)13/h1-4H,(H,14,16). The van der Waals surface area contributed by atoms with Gasteiger partial charge < -0.3 is 4.98 Å². The van der Waals surface area contributed by atoms with Gasteiger partial charge in [-0.2, -0.15) is 13.2 Å². The van der Waals surface area contributed by atoms with E-state index in [9.17, 15) is 13.2 Å². The molecule has 0 unspecified atom stereocenters. The van der Waals surface area contributed by atoms with Crippen molar-refractivity contribution in [1.82, 2.24) is 15.0 Å². The van der Waals surface area contributed by atoms with E-state index in [4.69, 9.17) is 11.6 Å². The molecule has 0 aliphatic carbocycles. The first-order valence-electron chi connectivity index (χ1n) is 4.22. The predicted molar refractivity (Wildman–Crippen MR) is 51.8 cm³/mol. The van der Waals surface area contributed by atoms with Crippen LogP contribution in [-0.4, -0.2) is 15.0 Å². The summed E-state index contributed by atoms with van der Waals surface area (Å²) in [6.45, 7) is 0. The maximum atomic E-state index is 12.3. The van der Waals surface area contributed by atoms with Crippen molar-refractivity contribution in [2.75, 3.05) is 0 Å². The lowest BCUT2D eigenvalue weighted by atomic mass is 10.3. The highest BCUT2D eigenvalue weighted by molar-refractivity contribution is 6.29. The average molecular weight is 248 g/mol. The monoisotopic (exact) mass is 247 g/mol. The topological polar surface area (TPSA) is 41.6 Å². The first kappa shape index (κ1) is 10.9. The fraction of sp³-hybridized carbons (Fsp3) is 0.111. The zero-order valence-electron chi connectivity index (χ0n) is 7.72. The molecule has 0 aliphatic heterocycles. The van der Waals surface area contributed by atoms with E-state index in [0.717, 1.165) is 6.20 Å². The summed E-state index contributed by atoms with van der Waals surface area (Å²) in [5, 5.41) is 0.197. The van der Waals surface area contributed by atoms with Gasteiger partial charge in [0, 0.05) is 0 Å². The summed E-state index contributed by atoms with van der Waals surface area (Å²) < 4.78 is 36.8. The Morgan fingerprint density at radius 2 is 2.00 bits per heavy atom. The summed E-state index contributed by atoms with van der Waals surface area (Å²) in [4.78, 5) is 9.58. The Hall–Kier alpha value is -1.56. The minimum absolute atomic E-state index is 0.0369. The van der Waals surface area contributed by atoms with Crippen molar-refractivity contribution in [2.45, 2.75) is 6.18 Å². The second-order valence-corrected chi connectivity index (χ2v) is 3.38. The number of rotatable bonds is 1. The van der Waals surface area contributed by atoms with E-state index in [-0.39, 0.29) is 16.7 Å². The van der Waals surface area contributed by atoms with Crippen molar-refractivity contribution in [2.24, 2.45) is 0 Å². The van der Waals surface area contributed by atoms with Gasteiger partial charge in [0.05, 0.1) is 6.20 Å². The maximum Gasteiger partial charge on any atom is 0.432 e. The van der Waals surface area contributed by atoms with Crippen LogP contribution in [-0.2, 0) is 6.18 Å². The van der Waals surface area contributed by atoms with Gasteiger partial charge in [0.2, 0.25) is 0 Å². The Balaban J connectivity index is 2.39. The fourth-order valence-electron chi connectivity index (χ4n) is 1.14. The number of nitrogens with zero attached hydrogens (tertiary/aromatic N) is 2. The Morgan fingerprint density at radius 1 is 1.25 bits per heavy atom. The number of aromatic amines is 1. The summed E-state index contributed by atoms with van der Waals surface area (Å²) in [6.07, 6.45) is -3.72. The minimum atomic E-state index is -4.44. The lowest BCUT2D eigenvalue weighted by Crippen LogP contribution is -2.04. The van der Waals surface area contributed by atoms with Gasteiger partial charge in [-0.05, 0) is 12.1 Å². The number of hydrogen-bond acceptors (Lipinski definition) is 2. The van der Waals surface area contributed by atoms with Crippen molar-refractivity contribution in [3.05, 3.63) is 35.2 Å². The number of H-pyrrole nitrogens is 1. The van der Waals surface area contributed by atoms with E-state index in [1.54, 1.807) is 6.07 Å². The first-order chi connectivity index (χ1) is 7.47. The summed E-state index contributed by atoms with van der Waals surface area (Å²) in [5.41, 5.74) is -0.646. The van der Waals surface area contributed by atoms with Gasteiger partial charge in [0.1, 0.15) is 16.5 Å². The smallest absolute Gasteiger partial charge is 0.333 e. The largest absolute Gasteiger partial charge is 0.432 e. The van der Waals surface area contributed by atoms with E-state index >= 15 is 0 Å². The molecule has 2 aromatic rings. The van der Waals surface area contributed by atoms with Gasteiger partial charge in [-0.3, -0.25) is 0 Å². The summed E-state index contributed by atoms with van der Waals surface area (Å²) in [7, 11) is 0. The zero-order valence-corrected chi connectivity index (χ0v) is 8.47. The van der Waals surface area contributed by atoms with Gasteiger partial charge >= 0.3 is 6.18 Å². The predicted octanol–water partition coefficient (Wildman–Crippen LogP) is 3.14. The van der Waals surface area contributed by atoms with Crippen LogP contribution in [0, 0.1) is 0 Å². The average Bonchev–Trinajstić information content (AvgIpc) is 2.65. The molecule has 0 bridgehead atoms. The SMILES string of the molecule is FC(F)(F)c1cnc(-c2cccc(Cl)n2)[nH]1. The molecule has 2 heterocycles. The van der Waals surface area contributed by atoms with Crippen molar-refractivity contribution in [1.29, 1.82) is 0 Å². The number of alkyl halides is 3. The highest BCUT2D eigenvalue weighted by Crippen LogP contribution is 2.29. The molecule has 2 aromatic heterocycles. The Bertz CT molecular complexity index is 507. The molecule has 0 saturated carbocycles. The third-order valence-electron chi connectivity index (χ3n) is 1.84. The maximum absolute atomic E-state index is 12.3. The normalized spacial score (nSPS) is 11.8. The van der Waals surface area contributed by atoms with Crippen LogP contribution >= 0.6 is 11.6 Å². The molecule has 1 N–H and O–H groups in total. The molecule has 7 heteroatoms. The summed E-state index contributed by atoms with van der Waals surface area (Å²) >= 11 is 5.62. The molecule has 16 heavy (non-hydrogen) atoms. The molecule has 84 valence electrons. The molecule has 0 radical (unpaired) electrons. The number of imidazole rings is 1. The highest BCUT2D eigenvalue weighted by Gasteiger charge is 2.33. The second kappa shape index (κ2) is 3.79. The van der Waals surface area contributed by atoms with Crippen LogP contribution < -0.4 is 0 Å². The molecule has 0 fully saturated rings. The molecule has 0 aromatic carbocycles. The molecule has 0 atom stereocenters. The molecule has 3 nitrogen and oxygen atoms in total. The van der Waals surface area contributed by atoms with Crippen LogP contribution in [0.1, 0.15) is 5.69 Å². The van der Waals surface area contributed by atoms with Crippen LogP contribution in [0.3, 0.4) is 0 Å². The molecule has 0 saturated heterocycles. The summed E-state index contributed by atoms with van der Waals surface area (Å²) in [6, 6.07) is 4.63. The lowest BCUT2D eigenvalue weighted by Gasteiger charge is -2.01. The number of pyridine rings is 1. The fourth-order valence-corrected chi connectivity index (χ4v) is 1.30. The molecular weight excluding hydrogens is 243 g/mol. The molecule has 0 amide bonds. The van der Waals surface area contributed by atoms with Crippen molar-refractivity contribution >= 4 is 11.6 Å². The zero-order chi connectivity index (χ0) is 11.8. The van der Waals surface area contributed by atoms with E-state index < -0.39 is 11.9 Å². The van der Waals surface area contributed by atoms with Crippen molar-refractivity contribution < 1.29 is 13.2 Å². The number of halogens is 4. The van der Waals surface area contributed by atoms with Gasteiger partial charge in [-0.15, -0.1) is 0 Å². The number of hydrogen-bond donors (Lipinski definition) is 1. The second-order valence-electron chi connectivity index (χ2n) is 2.99. The van der Waals surface area contributed by atoms with Crippen LogP contribution in [0.2, 0.25) is 5.15 Å². The molecule has 2 rings (SSSR count).